The van der Waals surface area contributed by atoms with Crippen molar-refractivity contribution in [3.05, 3.63) is 71.8 Å². The van der Waals surface area contributed by atoms with Crippen molar-refractivity contribution in [2.45, 2.75) is 6.92 Å². The lowest BCUT2D eigenvalue weighted by Gasteiger charge is -2.01. The van der Waals surface area contributed by atoms with Gasteiger partial charge in [0.2, 0.25) is 5.78 Å². The molecule has 2 aromatic carbocycles. The van der Waals surface area contributed by atoms with Crippen LogP contribution in [0, 0.1) is 0 Å². The van der Waals surface area contributed by atoms with Crippen LogP contribution in [-0.2, 0) is 4.84 Å². The van der Waals surface area contributed by atoms with Crippen molar-refractivity contribution >= 4 is 17.5 Å². The van der Waals surface area contributed by atoms with Gasteiger partial charge in [-0.15, -0.1) is 0 Å². The smallest absolute Gasteiger partial charge is 0.312 e. The zero-order chi connectivity index (χ0) is 14.4. The Morgan fingerprint density at radius 2 is 1.35 bits per heavy atom. The van der Waals surface area contributed by atoms with E-state index in [0.29, 0.717) is 11.1 Å². The molecule has 0 spiro atoms. The van der Waals surface area contributed by atoms with Gasteiger partial charge >= 0.3 is 5.97 Å². The van der Waals surface area contributed by atoms with Gasteiger partial charge in [0.05, 0.1) is 5.56 Å². The second-order valence-corrected chi connectivity index (χ2v) is 4.12. The van der Waals surface area contributed by atoms with E-state index in [9.17, 15) is 9.59 Å². The maximum atomic E-state index is 12.0. The van der Waals surface area contributed by atoms with Crippen LogP contribution >= 0.6 is 0 Å². The van der Waals surface area contributed by atoms with Gasteiger partial charge in [0, 0.05) is 5.56 Å². The van der Waals surface area contributed by atoms with E-state index in [1.54, 1.807) is 54.6 Å². The Bertz CT molecular complexity index is 633. The van der Waals surface area contributed by atoms with Crippen LogP contribution in [0.2, 0.25) is 0 Å². The van der Waals surface area contributed by atoms with Crippen molar-refractivity contribution in [3.63, 3.8) is 0 Å². The number of hydrogen-bond acceptors (Lipinski definition) is 4. The van der Waals surface area contributed by atoms with E-state index >= 15 is 0 Å². The molecule has 0 aromatic heterocycles. The third kappa shape index (κ3) is 3.38. The first-order chi connectivity index (χ1) is 9.68. The molecule has 0 fully saturated rings. The fraction of sp³-hybridized carbons (Fsp3) is 0.0625. The van der Waals surface area contributed by atoms with E-state index in [2.05, 4.69) is 5.16 Å². The van der Waals surface area contributed by atoms with Crippen LogP contribution in [0.25, 0.3) is 0 Å². The Morgan fingerprint density at radius 1 is 0.850 bits per heavy atom. The number of hydrogen-bond donors (Lipinski definition) is 0. The summed E-state index contributed by atoms with van der Waals surface area (Å²) in [6.07, 6.45) is 0. The number of rotatable bonds is 4. The zero-order valence-electron chi connectivity index (χ0n) is 10.9. The van der Waals surface area contributed by atoms with E-state index in [4.69, 9.17) is 4.84 Å². The Hall–Kier alpha value is -2.75. The maximum Gasteiger partial charge on any atom is 0.365 e. The molecule has 2 aromatic rings. The topological polar surface area (TPSA) is 55.7 Å². The van der Waals surface area contributed by atoms with E-state index in [1.807, 2.05) is 6.07 Å². The fourth-order valence-electron chi connectivity index (χ4n) is 1.58. The molecule has 4 nitrogen and oxygen atoms in total. The van der Waals surface area contributed by atoms with Crippen LogP contribution in [0.15, 0.2) is 65.8 Å². The molecular weight excluding hydrogens is 254 g/mol. The first-order valence-corrected chi connectivity index (χ1v) is 6.09. The number of benzene rings is 2. The SMILES string of the molecule is C/C(=N/OC(=O)c1ccccc1)C(=O)c1ccccc1. The molecule has 0 radical (unpaired) electrons. The molecule has 0 N–H and O–H groups in total. The summed E-state index contributed by atoms with van der Waals surface area (Å²) in [6, 6.07) is 17.2. The van der Waals surface area contributed by atoms with E-state index < -0.39 is 5.97 Å². The molecule has 0 saturated heterocycles. The number of oxime groups is 1. The molecule has 0 amide bonds. The van der Waals surface area contributed by atoms with Gasteiger partial charge in [0.1, 0.15) is 5.71 Å². The monoisotopic (exact) mass is 267 g/mol. The summed E-state index contributed by atoms with van der Waals surface area (Å²) in [5.41, 5.74) is 1.02. The highest BCUT2D eigenvalue weighted by molar-refractivity contribution is 6.45. The van der Waals surface area contributed by atoms with Crippen LogP contribution in [0.3, 0.4) is 0 Å². The van der Waals surface area contributed by atoms with Gasteiger partial charge in [-0.05, 0) is 19.1 Å². The summed E-state index contributed by atoms with van der Waals surface area (Å²) >= 11 is 0. The first kappa shape index (κ1) is 13.7. The number of carbonyl (C=O) groups excluding carboxylic acids is 2. The molecule has 0 heterocycles. The average molecular weight is 267 g/mol. The molecular formula is C16H13NO3. The normalized spacial score (nSPS) is 10.9. The Balaban J connectivity index is 2.05. The lowest BCUT2D eigenvalue weighted by atomic mass is 10.1. The first-order valence-electron chi connectivity index (χ1n) is 6.09. The van der Waals surface area contributed by atoms with Gasteiger partial charge in [-0.1, -0.05) is 53.7 Å². The molecule has 0 aliphatic carbocycles. The average Bonchev–Trinajstić information content (AvgIpc) is 2.53. The van der Waals surface area contributed by atoms with Gasteiger partial charge in [0.15, 0.2) is 0 Å². The Kier molecular flexibility index (Phi) is 4.39. The lowest BCUT2D eigenvalue weighted by molar-refractivity contribution is 0.0515. The third-order valence-electron chi connectivity index (χ3n) is 2.64. The number of nitrogens with zero attached hydrogens (tertiary/aromatic N) is 1. The summed E-state index contributed by atoms with van der Waals surface area (Å²) < 4.78 is 0. The minimum absolute atomic E-state index is 0.125. The molecule has 0 aliphatic heterocycles. The predicted molar refractivity (Wildman–Crippen MR) is 75.7 cm³/mol. The van der Waals surface area contributed by atoms with Crippen molar-refractivity contribution in [1.29, 1.82) is 0 Å². The van der Waals surface area contributed by atoms with Crippen molar-refractivity contribution in [2.24, 2.45) is 5.16 Å². The molecule has 0 unspecified atom stereocenters. The number of Topliss-reactive ketones (excluding diaryl/α,β-unsaturated/α-hetero) is 1. The highest BCUT2D eigenvalue weighted by atomic mass is 16.7. The maximum absolute atomic E-state index is 12.0. The van der Waals surface area contributed by atoms with Gasteiger partial charge < -0.3 is 4.84 Å². The zero-order valence-corrected chi connectivity index (χ0v) is 10.9. The minimum atomic E-state index is -0.592. The molecule has 0 saturated carbocycles. The molecule has 0 aliphatic rings. The van der Waals surface area contributed by atoms with Crippen LogP contribution in [-0.4, -0.2) is 17.5 Å². The largest absolute Gasteiger partial charge is 0.365 e. The molecule has 4 heteroatoms. The molecule has 2 rings (SSSR count). The highest BCUT2D eigenvalue weighted by Crippen LogP contribution is 2.04. The van der Waals surface area contributed by atoms with E-state index in [1.165, 1.54) is 6.92 Å². The van der Waals surface area contributed by atoms with Gasteiger partial charge in [-0.2, -0.15) is 0 Å². The van der Waals surface area contributed by atoms with E-state index in [0.717, 1.165) is 0 Å². The second kappa shape index (κ2) is 6.43. The number of carbonyl (C=O) groups is 2. The van der Waals surface area contributed by atoms with Gasteiger partial charge in [-0.3, -0.25) is 4.79 Å². The summed E-state index contributed by atoms with van der Waals surface area (Å²) in [7, 11) is 0. The summed E-state index contributed by atoms with van der Waals surface area (Å²) in [5.74, 6) is -0.864. The van der Waals surface area contributed by atoms with Crippen molar-refractivity contribution < 1.29 is 14.4 Å². The van der Waals surface area contributed by atoms with Crippen molar-refractivity contribution in [3.8, 4) is 0 Å². The Morgan fingerprint density at radius 3 is 1.90 bits per heavy atom. The van der Waals surface area contributed by atoms with Crippen LogP contribution in [0.5, 0.6) is 0 Å². The van der Waals surface area contributed by atoms with Crippen LogP contribution in [0.1, 0.15) is 27.6 Å². The van der Waals surface area contributed by atoms with Gasteiger partial charge in [0.25, 0.3) is 0 Å². The second-order valence-electron chi connectivity index (χ2n) is 4.12. The fourth-order valence-corrected chi connectivity index (χ4v) is 1.58. The standard InChI is InChI=1S/C16H13NO3/c1-12(15(18)13-8-4-2-5-9-13)17-20-16(19)14-10-6-3-7-11-14/h2-11H,1H3/b17-12-. The Labute approximate surface area is 116 Å². The third-order valence-corrected chi connectivity index (χ3v) is 2.64. The molecule has 0 atom stereocenters. The molecule has 0 bridgehead atoms. The van der Waals surface area contributed by atoms with E-state index in [-0.39, 0.29) is 11.5 Å². The summed E-state index contributed by atoms with van der Waals surface area (Å²) in [4.78, 5) is 28.4. The number of ketones is 1. The summed E-state index contributed by atoms with van der Waals surface area (Å²) in [5, 5.41) is 3.59. The van der Waals surface area contributed by atoms with Crippen molar-refractivity contribution in [1.82, 2.24) is 0 Å². The summed E-state index contributed by atoms with van der Waals surface area (Å²) in [6.45, 7) is 1.51. The van der Waals surface area contributed by atoms with Gasteiger partial charge in [-0.25, -0.2) is 4.79 Å². The quantitative estimate of drug-likeness (QED) is 0.370. The lowest BCUT2D eigenvalue weighted by Crippen LogP contribution is -2.12. The van der Waals surface area contributed by atoms with Crippen LogP contribution < -0.4 is 0 Å². The molecule has 20 heavy (non-hydrogen) atoms. The predicted octanol–water partition coefficient (Wildman–Crippen LogP) is 3.10. The van der Waals surface area contributed by atoms with Crippen molar-refractivity contribution in [2.75, 3.05) is 0 Å². The highest BCUT2D eigenvalue weighted by Gasteiger charge is 2.11. The minimum Gasteiger partial charge on any atom is -0.312 e. The van der Waals surface area contributed by atoms with Crippen LogP contribution in [0.4, 0.5) is 0 Å². The molecule has 100 valence electrons.